The van der Waals surface area contributed by atoms with E-state index in [1.807, 2.05) is 18.4 Å². The molecule has 0 unspecified atom stereocenters. The molecule has 1 aliphatic rings. The Kier molecular flexibility index (Phi) is 4.91. The Labute approximate surface area is 144 Å². The highest BCUT2D eigenvalue weighted by Crippen LogP contribution is 2.25. The molecule has 0 aromatic carbocycles. The number of amides is 1. The predicted molar refractivity (Wildman–Crippen MR) is 94.5 cm³/mol. The summed E-state index contributed by atoms with van der Waals surface area (Å²) in [5, 5.41) is 17.1. The lowest BCUT2D eigenvalue weighted by Crippen LogP contribution is -2.43. The summed E-state index contributed by atoms with van der Waals surface area (Å²) < 4.78 is 0. The van der Waals surface area contributed by atoms with Crippen LogP contribution in [-0.2, 0) is 0 Å². The van der Waals surface area contributed by atoms with Gasteiger partial charge in [-0.05, 0) is 36.8 Å². The molecule has 2 heterocycles. The minimum Gasteiger partial charge on any atom is -0.364 e. The van der Waals surface area contributed by atoms with Crippen molar-refractivity contribution in [3.8, 4) is 0 Å². The highest BCUT2D eigenvalue weighted by atomic mass is 32.1. The smallest absolute Gasteiger partial charge is 0.273 e. The van der Waals surface area contributed by atoms with Gasteiger partial charge in [-0.3, -0.25) is 4.79 Å². The van der Waals surface area contributed by atoms with E-state index in [2.05, 4.69) is 25.8 Å². The fourth-order valence-corrected chi connectivity index (χ4v) is 3.55. The topological polar surface area (TPSA) is 132 Å². The van der Waals surface area contributed by atoms with Gasteiger partial charge in [0.25, 0.3) is 5.91 Å². The maximum Gasteiger partial charge on any atom is 0.273 e. The number of nitrogens with two attached hydrogens (primary N) is 2. The number of hydrogen-bond acceptors (Lipinski definition) is 8. The average molecular weight is 347 g/mol. The first kappa shape index (κ1) is 16.6. The van der Waals surface area contributed by atoms with E-state index in [1.165, 1.54) is 11.3 Å². The van der Waals surface area contributed by atoms with Crippen LogP contribution in [0.2, 0.25) is 0 Å². The minimum atomic E-state index is -0.674. The number of carbonyl (C=O) groups excluding carboxylic acids is 1. The molecule has 2 atom stereocenters. The molecule has 1 aliphatic carbocycles. The normalized spacial score (nSPS) is 20.6. The molecule has 9 heteroatoms. The highest BCUT2D eigenvalue weighted by Gasteiger charge is 2.23. The number of aryl methyl sites for hydroxylation is 1. The van der Waals surface area contributed by atoms with Gasteiger partial charge in [-0.15, -0.1) is 21.5 Å². The predicted octanol–water partition coefficient (Wildman–Crippen LogP) is 1.77. The Morgan fingerprint density at radius 1 is 1.33 bits per heavy atom. The van der Waals surface area contributed by atoms with Gasteiger partial charge in [0.1, 0.15) is 0 Å². The van der Waals surface area contributed by atoms with Crippen molar-refractivity contribution in [1.82, 2.24) is 15.2 Å². The van der Waals surface area contributed by atoms with Gasteiger partial charge < -0.3 is 22.1 Å². The van der Waals surface area contributed by atoms with Crippen LogP contribution in [0.1, 0.15) is 41.7 Å². The van der Waals surface area contributed by atoms with E-state index in [1.54, 1.807) is 0 Å². The Hall–Kier alpha value is -2.26. The van der Waals surface area contributed by atoms with Crippen LogP contribution in [0.5, 0.6) is 0 Å². The second-order valence-corrected chi connectivity index (χ2v) is 6.92. The third-order valence-electron chi connectivity index (χ3n) is 4.03. The number of thiophene rings is 1. The van der Waals surface area contributed by atoms with E-state index < -0.39 is 5.91 Å². The third-order valence-corrected chi connectivity index (χ3v) is 4.99. The Morgan fingerprint density at radius 3 is 2.79 bits per heavy atom. The molecule has 3 rings (SSSR count). The summed E-state index contributed by atoms with van der Waals surface area (Å²) in [5.41, 5.74) is 12.6. The van der Waals surface area contributed by atoms with Crippen LogP contribution in [0.15, 0.2) is 11.4 Å². The molecular weight excluding hydrogens is 326 g/mol. The Balaban J connectivity index is 1.83. The first-order valence-corrected chi connectivity index (χ1v) is 8.79. The van der Waals surface area contributed by atoms with Crippen LogP contribution >= 0.6 is 11.3 Å². The number of primary amides is 1. The van der Waals surface area contributed by atoms with Gasteiger partial charge in [0.15, 0.2) is 11.5 Å². The van der Waals surface area contributed by atoms with Crippen molar-refractivity contribution in [2.24, 2.45) is 11.5 Å². The summed E-state index contributed by atoms with van der Waals surface area (Å²) in [5.74, 6) is -0.0314. The molecule has 1 amide bonds. The highest BCUT2D eigenvalue weighted by molar-refractivity contribution is 7.14. The molecule has 2 aromatic rings. The Morgan fingerprint density at radius 2 is 2.12 bits per heavy atom. The minimum absolute atomic E-state index is 0.0135. The van der Waals surface area contributed by atoms with E-state index in [-0.39, 0.29) is 17.8 Å². The molecular formula is C15H21N7OS. The fourth-order valence-electron chi connectivity index (χ4n) is 2.76. The zero-order valence-electron chi connectivity index (χ0n) is 13.5. The molecule has 6 N–H and O–H groups in total. The van der Waals surface area contributed by atoms with E-state index in [4.69, 9.17) is 11.5 Å². The molecule has 2 aromatic heterocycles. The van der Waals surface area contributed by atoms with Crippen molar-refractivity contribution < 1.29 is 4.79 Å². The summed E-state index contributed by atoms with van der Waals surface area (Å²) in [6.45, 7) is 1.99. The number of nitrogens with one attached hydrogen (secondary N) is 2. The van der Waals surface area contributed by atoms with E-state index in [0.717, 1.165) is 36.2 Å². The lowest BCUT2D eigenvalue weighted by molar-refractivity contribution is 0.0995. The SMILES string of the molecule is Cc1csc(Nc2nc(N[C@@H]3CCCC[C@@H]3N)nnc2C(N)=O)c1. The molecule has 1 saturated carbocycles. The number of nitrogens with zero attached hydrogens (tertiary/aromatic N) is 3. The van der Waals surface area contributed by atoms with Crippen molar-refractivity contribution in [3.63, 3.8) is 0 Å². The lowest BCUT2D eigenvalue weighted by atomic mass is 9.91. The van der Waals surface area contributed by atoms with Crippen molar-refractivity contribution in [1.29, 1.82) is 0 Å². The summed E-state index contributed by atoms with van der Waals surface area (Å²) in [6.07, 6.45) is 4.21. The second kappa shape index (κ2) is 7.10. The lowest BCUT2D eigenvalue weighted by Gasteiger charge is -2.29. The standard InChI is InChI=1S/C15H21N7OS/c1-8-6-11(24-7-8)19-14-12(13(17)23)21-22-15(20-14)18-10-5-3-2-4-9(10)16/h6-7,9-10H,2-5,16H2,1H3,(H2,17,23)(H2,18,19,20,22)/t9-,10+/m0/s1. The summed E-state index contributed by atoms with van der Waals surface area (Å²) in [7, 11) is 0. The number of carbonyl (C=O) groups is 1. The molecule has 1 fully saturated rings. The molecule has 24 heavy (non-hydrogen) atoms. The monoisotopic (exact) mass is 347 g/mol. The maximum absolute atomic E-state index is 11.6. The van der Waals surface area contributed by atoms with Crippen molar-refractivity contribution in [2.75, 3.05) is 10.6 Å². The largest absolute Gasteiger partial charge is 0.364 e. The molecule has 0 saturated heterocycles. The third kappa shape index (κ3) is 3.80. The van der Waals surface area contributed by atoms with Crippen molar-refractivity contribution in [2.45, 2.75) is 44.7 Å². The van der Waals surface area contributed by atoms with Crippen LogP contribution in [-0.4, -0.2) is 33.2 Å². The van der Waals surface area contributed by atoms with Gasteiger partial charge >= 0.3 is 0 Å². The van der Waals surface area contributed by atoms with Crippen LogP contribution in [0.4, 0.5) is 16.8 Å². The van der Waals surface area contributed by atoms with Gasteiger partial charge in [0.05, 0.1) is 5.00 Å². The zero-order chi connectivity index (χ0) is 17.1. The average Bonchev–Trinajstić information content (AvgIpc) is 2.94. The van der Waals surface area contributed by atoms with Crippen molar-refractivity contribution in [3.05, 3.63) is 22.7 Å². The number of aromatic nitrogens is 3. The van der Waals surface area contributed by atoms with Crippen LogP contribution < -0.4 is 22.1 Å². The van der Waals surface area contributed by atoms with E-state index >= 15 is 0 Å². The molecule has 0 spiro atoms. The van der Waals surface area contributed by atoms with Gasteiger partial charge in [-0.2, -0.15) is 4.98 Å². The molecule has 8 nitrogen and oxygen atoms in total. The van der Waals surface area contributed by atoms with Gasteiger partial charge in [-0.1, -0.05) is 12.8 Å². The summed E-state index contributed by atoms with van der Waals surface area (Å²) in [4.78, 5) is 16.0. The van der Waals surface area contributed by atoms with Crippen LogP contribution in [0, 0.1) is 6.92 Å². The fraction of sp³-hybridized carbons (Fsp3) is 0.467. The Bertz CT molecular complexity index is 732. The van der Waals surface area contributed by atoms with Gasteiger partial charge in [-0.25, -0.2) is 0 Å². The number of anilines is 3. The molecule has 0 aliphatic heterocycles. The quantitative estimate of drug-likeness (QED) is 0.648. The van der Waals surface area contributed by atoms with Crippen molar-refractivity contribution >= 4 is 34.0 Å². The summed E-state index contributed by atoms with van der Waals surface area (Å²) >= 11 is 1.51. The van der Waals surface area contributed by atoms with E-state index in [0.29, 0.717) is 11.8 Å². The number of rotatable bonds is 5. The number of hydrogen-bond donors (Lipinski definition) is 4. The van der Waals surface area contributed by atoms with Crippen LogP contribution in [0.3, 0.4) is 0 Å². The molecule has 128 valence electrons. The maximum atomic E-state index is 11.6. The van der Waals surface area contributed by atoms with Gasteiger partial charge in [0.2, 0.25) is 5.95 Å². The molecule has 0 bridgehead atoms. The molecule has 0 radical (unpaired) electrons. The van der Waals surface area contributed by atoms with E-state index in [9.17, 15) is 4.79 Å². The summed E-state index contributed by atoms with van der Waals surface area (Å²) in [6, 6.07) is 2.13. The van der Waals surface area contributed by atoms with Gasteiger partial charge in [0, 0.05) is 12.1 Å². The zero-order valence-corrected chi connectivity index (χ0v) is 14.3. The first-order valence-electron chi connectivity index (χ1n) is 7.91. The first-order chi connectivity index (χ1) is 11.5. The van der Waals surface area contributed by atoms with Crippen LogP contribution in [0.25, 0.3) is 0 Å². The second-order valence-electron chi connectivity index (χ2n) is 6.01.